The number of rotatable bonds is 3. The minimum Gasteiger partial charge on any atom is -0.512 e. The Labute approximate surface area is 137 Å². The molecular formula is C20H24O3. The van der Waals surface area contributed by atoms with Crippen LogP contribution in [0.15, 0.2) is 54.3 Å². The number of hydrogen-bond donors (Lipinski definition) is 1. The number of esters is 1. The number of carbonyl (C=O) groups is 1. The first-order chi connectivity index (χ1) is 11.2. The molecule has 1 aromatic rings. The van der Waals surface area contributed by atoms with Gasteiger partial charge < -0.3 is 9.84 Å². The molecule has 1 N–H and O–H groups in total. The number of ether oxygens (including phenoxy) is 1. The first kappa shape index (κ1) is 15.9. The lowest BCUT2D eigenvalue weighted by Gasteiger charge is -2.37. The molecule has 0 amide bonds. The van der Waals surface area contributed by atoms with E-state index in [1.54, 1.807) is 6.08 Å². The Bertz CT molecular complexity index is 607. The third-order valence-electron chi connectivity index (χ3n) is 5.05. The van der Waals surface area contributed by atoms with Crippen molar-refractivity contribution in [1.82, 2.24) is 0 Å². The molecule has 0 unspecified atom stereocenters. The van der Waals surface area contributed by atoms with Gasteiger partial charge in [-0.25, -0.2) is 4.79 Å². The van der Waals surface area contributed by atoms with E-state index in [4.69, 9.17) is 4.74 Å². The molecule has 23 heavy (non-hydrogen) atoms. The highest BCUT2D eigenvalue weighted by atomic mass is 16.6. The van der Waals surface area contributed by atoms with Gasteiger partial charge in [0.2, 0.25) is 0 Å². The normalized spacial score (nSPS) is 22.3. The van der Waals surface area contributed by atoms with Gasteiger partial charge in [-0.2, -0.15) is 0 Å². The summed E-state index contributed by atoms with van der Waals surface area (Å²) >= 11 is 0. The number of carbonyl (C=O) groups excluding carboxylic acids is 1. The summed E-state index contributed by atoms with van der Waals surface area (Å²) < 4.78 is 5.88. The summed E-state index contributed by atoms with van der Waals surface area (Å²) in [7, 11) is 0. The van der Waals surface area contributed by atoms with Crippen LogP contribution in [0.1, 0.15) is 56.4 Å². The van der Waals surface area contributed by atoms with E-state index in [-0.39, 0.29) is 17.6 Å². The van der Waals surface area contributed by atoms with Crippen molar-refractivity contribution in [3.05, 3.63) is 59.9 Å². The summed E-state index contributed by atoms with van der Waals surface area (Å²) in [4.78, 5) is 12.7. The van der Waals surface area contributed by atoms with Crippen LogP contribution in [0.4, 0.5) is 0 Å². The molecule has 1 atom stereocenters. The SMILES string of the molecule is C=C[C@H](C1=C(O)CC2(CCCCCC2)OC1=O)c1ccccc1. The van der Waals surface area contributed by atoms with Crippen LogP contribution in [-0.2, 0) is 9.53 Å². The van der Waals surface area contributed by atoms with E-state index >= 15 is 0 Å². The topological polar surface area (TPSA) is 46.5 Å². The summed E-state index contributed by atoms with van der Waals surface area (Å²) in [5.41, 5.74) is 0.794. The number of benzene rings is 1. The van der Waals surface area contributed by atoms with Crippen molar-refractivity contribution in [2.24, 2.45) is 0 Å². The highest BCUT2D eigenvalue weighted by Crippen LogP contribution is 2.42. The highest BCUT2D eigenvalue weighted by molar-refractivity contribution is 5.92. The molecule has 1 heterocycles. The summed E-state index contributed by atoms with van der Waals surface area (Å²) in [6.07, 6.45) is 8.30. The van der Waals surface area contributed by atoms with E-state index in [0.717, 1.165) is 31.2 Å². The second-order valence-corrected chi connectivity index (χ2v) is 6.65. The third kappa shape index (κ3) is 3.19. The van der Waals surface area contributed by atoms with Crippen molar-refractivity contribution in [2.75, 3.05) is 0 Å². The molecule has 1 aliphatic heterocycles. The average molecular weight is 312 g/mol. The van der Waals surface area contributed by atoms with Crippen molar-refractivity contribution < 1.29 is 14.6 Å². The van der Waals surface area contributed by atoms with Crippen LogP contribution >= 0.6 is 0 Å². The highest BCUT2D eigenvalue weighted by Gasteiger charge is 2.43. The fourth-order valence-corrected chi connectivity index (χ4v) is 3.85. The maximum Gasteiger partial charge on any atom is 0.338 e. The molecule has 3 heteroatoms. The lowest BCUT2D eigenvalue weighted by atomic mass is 9.82. The molecule has 122 valence electrons. The summed E-state index contributed by atoms with van der Waals surface area (Å²) in [5.74, 6) is -0.534. The Morgan fingerprint density at radius 1 is 1.13 bits per heavy atom. The maximum absolute atomic E-state index is 12.7. The first-order valence-corrected chi connectivity index (χ1v) is 8.48. The van der Waals surface area contributed by atoms with E-state index in [9.17, 15) is 9.90 Å². The van der Waals surface area contributed by atoms with E-state index in [1.165, 1.54) is 12.8 Å². The predicted molar refractivity (Wildman–Crippen MR) is 90.2 cm³/mol. The Balaban J connectivity index is 1.93. The molecule has 1 aliphatic carbocycles. The van der Waals surface area contributed by atoms with E-state index in [2.05, 4.69) is 6.58 Å². The zero-order valence-corrected chi connectivity index (χ0v) is 13.5. The molecule has 1 spiro atoms. The third-order valence-corrected chi connectivity index (χ3v) is 5.05. The zero-order valence-electron chi connectivity index (χ0n) is 13.5. The molecule has 3 rings (SSSR count). The predicted octanol–water partition coefficient (Wildman–Crippen LogP) is 4.81. The van der Waals surface area contributed by atoms with Crippen molar-refractivity contribution in [1.29, 1.82) is 0 Å². The number of allylic oxidation sites excluding steroid dienone is 1. The van der Waals surface area contributed by atoms with Crippen LogP contribution in [0, 0.1) is 0 Å². The number of hydrogen-bond acceptors (Lipinski definition) is 3. The quantitative estimate of drug-likeness (QED) is 0.643. The maximum atomic E-state index is 12.7. The van der Waals surface area contributed by atoms with Crippen LogP contribution in [0.25, 0.3) is 0 Å². The van der Waals surface area contributed by atoms with Crippen LogP contribution in [0.5, 0.6) is 0 Å². The van der Waals surface area contributed by atoms with Crippen LogP contribution in [0.2, 0.25) is 0 Å². The molecule has 1 fully saturated rings. The summed E-state index contributed by atoms with van der Waals surface area (Å²) in [6, 6.07) is 9.65. The second-order valence-electron chi connectivity index (χ2n) is 6.65. The van der Waals surface area contributed by atoms with Gasteiger partial charge in [-0.1, -0.05) is 49.2 Å². The fourth-order valence-electron chi connectivity index (χ4n) is 3.85. The van der Waals surface area contributed by atoms with Gasteiger partial charge in [-0.3, -0.25) is 0 Å². The van der Waals surface area contributed by atoms with Gasteiger partial charge in [0.05, 0.1) is 5.57 Å². The van der Waals surface area contributed by atoms with Crippen LogP contribution in [0.3, 0.4) is 0 Å². The van der Waals surface area contributed by atoms with Gasteiger partial charge in [-0.15, -0.1) is 6.58 Å². The van der Waals surface area contributed by atoms with Gasteiger partial charge in [0.15, 0.2) is 0 Å². The van der Waals surface area contributed by atoms with Gasteiger partial charge in [0.1, 0.15) is 11.4 Å². The zero-order chi connectivity index (χ0) is 16.3. The first-order valence-electron chi connectivity index (χ1n) is 8.48. The van der Waals surface area contributed by atoms with Gasteiger partial charge in [0, 0.05) is 12.3 Å². The number of aliphatic hydroxyl groups excluding tert-OH is 1. The molecule has 2 aliphatic rings. The molecule has 0 bridgehead atoms. The molecule has 0 saturated heterocycles. The standard InChI is InChI=1S/C20H24O3/c1-2-16(15-10-6-5-7-11-15)18-17(21)14-20(23-19(18)22)12-8-3-4-9-13-20/h2,5-7,10-11,16,21H,1,3-4,8-9,12-14H2/t16-/m0/s1. The molecule has 1 saturated carbocycles. The minimum atomic E-state index is -0.496. The average Bonchev–Trinajstić information content (AvgIpc) is 2.77. The Hall–Kier alpha value is -2.03. The van der Waals surface area contributed by atoms with Crippen LogP contribution < -0.4 is 0 Å². The molecule has 0 aromatic heterocycles. The van der Waals surface area contributed by atoms with E-state index in [0.29, 0.717) is 12.0 Å². The van der Waals surface area contributed by atoms with Crippen molar-refractivity contribution in [3.8, 4) is 0 Å². The molecule has 0 radical (unpaired) electrons. The Morgan fingerprint density at radius 3 is 2.35 bits per heavy atom. The van der Waals surface area contributed by atoms with Gasteiger partial charge in [-0.05, 0) is 31.2 Å². The monoisotopic (exact) mass is 312 g/mol. The molecular weight excluding hydrogens is 288 g/mol. The lowest BCUT2D eigenvalue weighted by Crippen LogP contribution is -2.40. The van der Waals surface area contributed by atoms with Gasteiger partial charge >= 0.3 is 5.97 Å². The molecule has 3 nitrogen and oxygen atoms in total. The summed E-state index contributed by atoms with van der Waals surface area (Å²) in [5, 5.41) is 10.6. The Kier molecular flexibility index (Phi) is 4.56. The lowest BCUT2D eigenvalue weighted by molar-refractivity contribution is -0.160. The van der Waals surface area contributed by atoms with Crippen molar-refractivity contribution in [2.45, 2.75) is 56.5 Å². The van der Waals surface area contributed by atoms with Crippen molar-refractivity contribution >= 4 is 5.97 Å². The smallest absolute Gasteiger partial charge is 0.338 e. The van der Waals surface area contributed by atoms with E-state index < -0.39 is 5.60 Å². The van der Waals surface area contributed by atoms with E-state index in [1.807, 2.05) is 30.3 Å². The number of aliphatic hydroxyl groups is 1. The fraction of sp³-hybridized carbons (Fsp3) is 0.450. The largest absolute Gasteiger partial charge is 0.512 e. The van der Waals surface area contributed by atoms with Gasteiger partial charge in [0.25, 0.3) is 0 Å². The molecule has 1 aromatic carbocycles. The van der Waals surface area contributed by atoms with Crippen LogP contribution in [-0.4, -0.2) is 16.7 Å². The Morgan fingerprint density at radius 2 is 1.78 bits per heavy atom. The second kappa shape index (κ2) is 6.61. The minimum absolute atomic E-state index is 0.178. The summed E-state index contributed by atoms with van der Waals surface area (Å²) in [6.45, 7) is 3.85. The van der Waals surface area contributed by atoms with Crippen molar-refractivity contribution in [3.63, 3.8) is 0 Å².